The summed E-state index contributed by atoms with van der Waals surface area (Å²) in [7, 11) is 1.63. The van der Waals surface area contributed by atoms with Gasteiger partial charge in [-0.1, -0.05) is 37.1 Å². The third-order valence-corrected chi connectivity index (χ3v) is 4.56. The fourth-order valence-electron chi connectivity index (χ4n) is 2.72. The van der Waals surface area contributed by atoms with Crippen molar-refractivity contribution in [2.75, 3.05) is 7.11 Å². The van der Waals surface area contributed by atoms with Crippen LogP contribution in [0.1, 0.15) is 28.8 Å². The van der Waals surface area contributed by atoms with Gasteiger partial charge in [0.15, 0.2) is 0 Å². The molecule has 3 rings (SSSR count). The molecule has 0 fully saturated rings. The minimum absolute atomic E-state index is 0.322. The Labute approximate surface area is 162 Å². The second-order valence-corrected chi connectivity index (χ2v) is 6.30. The second kappa shape index (κ2) is 8.14. The highest BCUT2D eigenvalue weighted by atomic mass is 32.1. The third kappa shape index (κ3) is 4.23. The Bertz CT molecular complexity index is 985. The maximum absolute atomic E-state index is 12.5. The number of methoxy groups -OCH3 is 1. The first-order valence-corrected chi connectivity index (χ1v) is 8.80. The highest BCUT2D eigenvalue weighted by molar-refractivity contribution is 7.78. The van der Waals surface area contributed by atoms with Gasteiger partial charge in [-0.25, -0.2) is 0 Å². The quantitative estimate of drug-likeness (QED) is 0.396. The zero-order chi connectivity index (χ0) is 19.4. The average molecular weight is 381 g/mol. The number of fused-ring (bicyclic) bond motifs is 1. The third-order valence-electron chi connectivity index (χ3n) is 4.36. The summed E-state index contributed by atoms with van der Waals surface area (Å²) in [6.45, 7) is 1.80. The molecule has 1 unspecified atom stereocenters. The molecular weight excluding hydrogens is 362 g/mol. The van der Waals surface area contributed by atoms with Gasteiger partial charge in [0.2, 0.25) is 0 Å². The van der Waals surface area contributed by atoms with Crippen molar-refractivity contribution in [1.82, 2.24) is 4.72 Å². The van der Waals surface area contributed by atoms with E-state index in [0.29, 0.717) is 11.3 Å². The van der Waals surface area contributed by atoms with Crippen molar-refractivity contribution in [1.29, 1.82) is 0 Å². The standard InChI is InChI=1S/C21H19NO4S/c1-13(15-3-4-17-12-19(25-2)10-7-16(17)11-15)21(24)26-18-8-5-14(6-9-18)20(23)22-27/h3-13,27H,1-2H3,(H,22,23). The summed E-state index contributed by atoms with van der Waals surface area (Å²) < 4.78 is 12.9. The Morgan fingerprint density at radius 3 is 2.22 bits per heavy atom. The van der Waals surface area contributed by atoms with E-state index in [2.05, 4.69) is 17.5 Å². The highest BCUT2D eigenvalue weighted by Gasteiger charge is 2.18. The molecule has 0 aliphatic rings. The molecule has 5 nitrogen and oxygen atoms in total. The van der Waals surface area contributed by atoms with Gasteiger partial charge in [0.25, 0.3) is 5.91 Å². The number of benzene rings is 3. The van der Waals surface area contributed by atoms with Crippen LogP contribution in [0.15, 0.2) is 60.7 Å². The van der Waals surface area contributed by atoms with Crippen LogP contribution in [0.2, 0.25) is 0 Å². The molecule has 0 spiro atoms. The maximum atomic E-state index is 12.5. The van der Waals surface area contributed by atoms with Crippen LogP contribution >= 0.6 is 12.8 Å². The van der Waals surface area contributed by atoms with E-state index in [1.807, 2.05) is 36.4 Å². The van der Waals surface area contributed by atoms with Gasteiger partial charge in [-0.15, -0.1) is 0 Å². The van der Waals surface area contributed by atoms with Crippen molar-refractivity contribution < 1.29 is 19.1 Å². The highest BCUT2D eigenvalue weighted by Crippen LogP contribution is 2.26. The van der Waals surface area contributed by atoms with Gasteiger partial charge in [-0.05, 0) is 59.7 Å². The minimum Gasteiger partial charge on any atom is -0.497 e. The Morgan fingerprint density at radius 2 is 1.56 bits per heavy atom. The number of hydrogen-bond donors (Lipinski definition) is 2. The summed E-state index contributed by atoms with van der Waals surface area (Å²) in [6.07, 6.45) is 0. The number of nitrogens with one attached hydrogen (secondary N) is 1. The molecule has 0 aliphatic heterocycles. The van der Waals surface area contributed by atoms with Crippen LogP contribution in [0.25, 0.3) is 10.8 Å². The minimum atomic E-state index is -0.433. The molecule has 0 aliphatic carbocycles. The summed E-state index contributed by atoms with van der Waals surface area (Å²) in [4.78, 5) is 24.0. The molecule has 0 saturated heterocycles. The lowest BCUT2D eigenvalue weighted by molar-refractivity contribution is -0.135. The molecule has 1 atom stereocenters. The zero-order valence-corrected chi connectivity index (χ0v) is 15.8. The van der Waals surface area contributed by atoms with E-state index in [-0.39, 0.29) is 11.9 Å². The van der Waals surface area contributed by atoms with Crippen LogP contribution < -0.4 is 14.2 Å². The molecule has 0 aromatic heterocycles. The van der Waals surface area contributed by atoms with E-state index in [9.17, 15) is 9.59 Å². The number of rotatable bonds is 5. The number of hydrogen-bond acceptors (Lipinski definition) is 5. The molecule has 1 N–H and O–H groups in total. The lowest BCUT2D eigenvalue weighted by atomic mass is 9.98. The maximum Gasteiger partial charge on any atom is 0.318 e. The topological polar surface area (TPSA) is 64.6 Å². The summed E-state index contributed by atoms with van der Waals surface area (Å²) in [6, 6.07) is 17.9. The summed E-state index contributed by atoms with van der Waals surface area (Å²) in [5, 5.41) is 2.06. The van der Waals surface area contributed by atoms with Crippen molar-refractivity contribution >= 4 is 35.5 Å². The molecule has 0 saturated carbocycles. The number of thiol groups is 1. The Hall–Kier alpha value is -2.99. The Kier molecular flexibility index (Phi) is 5.66. The monoisotopic (exact) mass is 381 g/mol. The number of carbonyl (C=O) groups excluding carboxylic acids is 2. The van der Waals surface area contributed by atoms with Gasteiger partial charge in [0.1, 0.15) is 11.5 Å². The van der Waals surface area contributed by atoms with Gasteiger partial charge in [-0.3, -0.25) is 14.3 Å². The molecule has 3 aromatic carbocycles. The summed E-state index contributed by atoms with van der Waals surface area (Å²) >= 11 is 3.72. The lowest BCUT2D eigenvalue weighted by Crippen LogP contribution is -2.16. The van der Waals surface area contributed by atoms with Gasteiger partial charge < -0.3 is 9.47 Å². The molecular formula is C21H19NO4S. The van der Waals surface area contributed by atoms with E-state index in [1.165, 1.54) is 0 Å². The Morgan fingerprint density at radius 1 is 0.926 bits per heavy atom. The molecule has 27 heavy (non-hydrogen) atoms. The van der Waals surface area contributed by atoms with Gasteiger partial charge in [-0.2, -0.15) is 0 Å². The number of amides is 1. The van der Waals surface area contributed by atoms with Crippen molar-refractivity contribution in [2.45, 2.75) is 12.8 Å². The van der Waals surface area contributed by atoms with E-state index < -0.39 is 5.92 Å². The van der Waals surface area contributed by atoms with Crippen LogP contribution in [0.5, 0.6) is 11.5 Å². The van der Waals surface area contributed by atoms with E-state index in [1.54, 1.807) is 38.3 Å². The van der Waals surface area contributed by atoms with Crippen molar-refractivity contribution in [2.24, 2.45) is 0 Å². The molecule has 1 amide bonds. The van der Waals surface area contributed by atoms with Crippen LogP contribution in [-0.4, -0.2) is 19.0 Å². The van der Waals surface area contributed by atoms with E-state index in [4.69, 9.17) is 9.47 Å². The first-order chi connectivity index (χ1) is 13.0. The zero-order valence-electron chi connectivity index (χ0n) is 14.9. The van der Waals surface area contributed by atoms with Crippen LogP contribution in [0.3, 0.4) is 0 Å². The van der Waals surface area contributed by atoms with Crippen LogP contribution in [0.4, 0.5) is 0 Å². The molecule has 6 heteroatoms. The van der Waals surface area contributed by atoms with Gasteiger partial charge in [0.05, 0.1) is 13.0 Å². The fourth-order valence-corrected chi connectivity index (χ4v) is 2.85. The predicted octanol–water partition coefficient (Wildman–Crippen LogP) is 4.13. The van der Waals surface area contributed by atoms with Gasteiger partial charge >= 0.3 is 5.97 Å². The average Bonchev–Trinajstić information content (AvgIpc) is 2.72. The number of ether oxygens (including phenoxy) is 2. The number of carbonyl (C=O) groups is 2. The van der Waals surface area contributed by atoms with E-state index in [0.717, 1.165) is 22.1 Å². The largest absolute Gasteiger partial charge is 0.497 e. The Balaban J connectivity index is 1.74. The normalized spacial score (nSPS) is 11.7. The smallest absolute Gasteiger partial charge is 0.318 e. The number of esters is 1. The SMILES string of the molecule is COc1ccc2cc(C(C)C(=O)Oc3ccc(C(=O)NS)cc3)ccc2c1. The van der Waals surface area contributed by atoms with Gasteiger partial charge in [0, 0.05) is 5.56 Å². The second-order valence-electron chi connectivity index (χ2n) is 6.08. The van der Waals surface area contributed by atoms with Crippen molar-refractivity contribution in [3.8, 4) is 11.5 Å². The molecule has 3 aromatic rings. The first kappa shape index (κ1) is 18.8. The first-order valence-electron chi connectivity index (χ1n) is 8.35. The molecule has 138 valence electrons. The fraction of sp³-hybridized carbons (Fsp3) is 0.143. The summed E-state index contributed by atoms with van der Waals surface area (Å²) in [5.41, 5.74) is 1.30. The van der Waals surface area contributed by atoms with E-state index >= 15 is 0 Å². The lowest BCUT2D eigenvalue weighted by Gasteiger charge is -2.13. The summed E-state index contributed by atoms with van der Waals surface area (Å²) in [5.74, 6) is 0.0504. The van der Waals surface area contributed by atoms with Crippen LogP contribution in [0, 0.1) is 0 Å². The predicted molar refractivity (Wildman–Crippen MR) is 107 cm³/mol. The molecule has 0 radical (unpaired) electrons. The van der Waals surface area contributed by atoms with Crippen molar-refractivity contribution in [3.63, 3.8) is 0 Å². The van der Waals surface area contributed by atoms with Crippen molar-refractivity contribution in [3.05, 3.63) is 71.8 Å². The van der Waals surface area contributed by atoms with Crippen LogP contribution in [-0.2, 0) is 4.79 Å². The molecule has 0 heterocycles. The molecule has 0 bridgehead atoms.